The van der Waals surface area contributed by atoms with E-state index in [0.717, 1.165) is 18.9 Å². The molecule has 0 spiro atoms. The summed E-state index contributed by atoms with van der Waals surface area (Å²) < 4.78 is 19.0. The van der Waals surface area contributed by atoms with Gasteiger partial charge in [-0.25, -0.2) is 9.18 Å². The van der Waals surface area contributed by atoms with Gasteiger partial charge in [0.2, 0.25) is 0 Å². The Morgan fingerprint density at radius 2 is 2.11 bits per heavy atom. The molecule has 1 N–H and O–H groups in total. The molecule has 1 aromatic carbocycles. The van der Waals surface area contributed by atoms with Crippen molar-refractivity contribution in [2.45, 2.75) is 52.1 Å². The van der Waals surface area contributed by atoms with Crippen LogP contribution in [0.2, 0.25) is 0 Å². The molecular weight excluding hydrogens is 247 g/mol. The maximum atomic E-state index is 13.4. The highest BCUT2D eigenvalue weighted by Gasteiger charge is 2.12. The number of benzene rings is 1. The number of carboxylic acid groups (broad SMARTS) is 1. The van der Waals surface area contributed by atoms with E-state index in [0.29, 0.717) is 5.75 Å². The molecule has 106 valence electrons. The number of carbonyl (C=O) groups is 1. The molecule has 0 amide bonds. The highest BCUT2D eigenvalue weighted by atomic mass is 19.1. The Labute approximate surface area is 113 Å². The molecule has 19 heavy (non-hydrogen) atoms. The summed E-state index contributed by atoms with van der Waals surface area (Å²) in [6, 6.07) is 3.86. The van der Waals surface area contributed by atoms with Crippen LogP contribution in [-0.2, 0) is 0 Å². The van der Waals surface area contributed by atoms with E-state index in [1.54, 1.807) is 0 Å². The predicted molar refractivity (Wildman–Crippen MR) is 72.2 cm³/mol. The van der Waals surface area contributed by atoms with Gasteiger partial charge in [-0.15, -0.1) is 0 Å². The number of hydrogen-bond donors (Lipinski definition) is 1. The second kappa shape index (κ2) is 7.77. The smallest absolute Gasteiger partial charge is 0.338 e. The minimum absolute atomic E-state index is 0.00642. The van der Waals surface area contributed by atoms with Crippen LogP contribution < -0.4 is 4.74 Å². The van der Waals surface area contributed by atoms with E-state index < -0.39 is 11.8 Å². The van der Waals surface area contributed by atoms with Crippen LogP contribution in [0.25, 0.3) is 0 Å². The van der Waals surface area contributed by atoms with Crippen molar-refractivity contribution in [1.29, 1.82) is 0 Å². The fourth-order valence-electron chi connectivity index (χ4n) is 1.89. The van der Waals surface area contributed by atoms with Crippen LogP contribution in [0.3, 0.4) is 0 Å². The molecule has 0 aromatic heterocycles. The SMILES string of the molecule is CCCCCC[C@H](C)Oc1ccc(C(=O)O)c(F)c1. The number of ether oxygens (including phenoxy) is 1. The normalized spacial score (nSPS) is 12.2. The van der Waals surface area contributed by atoms with Crippen LogP contribution in [-0.4, -0.2) is 17.2 Å². The van der Waals surface area contributed by atoms with Gasteiger partial charge in [-0.05, 0) is 31.9 Å². The van der Waals surface area contributed by atoms with Crippen LogP contribution in [0.1, 0.15) is 56.3 Å². The molecule has 1 atom stereocenters. The molecule has 0 aliphatic carbocycles. The third kappa shape index (κ3) is 5.28. The quantitative estimate of drug-likeness (QED) is 0.716. The Bertz CT molecular complexity index is 418. The van der Waals surface area contributed by atoms with Crippen LogP contribution in [0, 0.1) is 5.82 Å². The lowest BCUT2D eigenvalue weighted by molar-refractivity contribution is 0.0692. The van der Waals surface area contributed by atoms with Crippen molar-refractivity contribution < 1.29 is 19.0 Å². The number of aromatic carboxylic acids is 1. The van der Waals surface area contributed by atoms with Gasteiger partial charge >= 0.3 is 5.97 Å². The molecule has 0 bridgehead atoms. The molecule has 0 aliphatic rings. The summed E-state index contributed by atoms with van der Waals surface area (Å²) in [6.07, 6.45) is 5.60. The Hall–Kier alpha value is -1.58. The van der Waals surface area contributed by atoms with Crippen molar-refractivity contribution in [1.82, 2.24) is 0 Å². The molecule has 1 rings (SSSR count). The number of halogens is 1. The van der Waals surface area contributed by atoms with E-state index >= 15 is 0 Å². The Morgan fingerprint density at radius 3 is 2.68 bits per heavy atom. The molecule has 4 heteroatoms. The predicted octanol–water partition coefficient (Wildman–Crippen LogP) is 4.26. The van der Waals surface area contributed by atoms with E-state index in [4.69, 9.17) is 9.84 Å². The van der Waals surface area contributed by atoms with Crippen molar-refractivity contribution in [2.24, 2.45) is 0 Å². The number of hydrogen-bond acceptors (Lipinski definition) is 2. The lowest BCUT2D eigenvalue weighted by Crippen LogP contribution is -2.12. The highest BCUT2D eigenvalue weighted by molar-refractivity contribution is 5.88. The Balaban J connectivity index is 2.48. The lowest BCUT2D eigenvalue weighted by Gasteiger charge is -2.14. The van der Waals surface area contributed by atoms with Crippen LogP contribution in [0.5, 0.6) is 5.75 Å². The van der Waals surface area contributed by atoms with Gasteiger partial charge in [-0.3, -0.25) is 0 Å². The second-order valence-electron chi connectivity index (χ2n) is 4.72. The largest absolute Gasteiger partial charge is 0.491 e. The fraction of sp³-hybridized carbons (Fsp3) is 0.533. The molecule has 0 heterocycles. The molecule has 0 saturated heterocycles. The zero-order valence-corrected chi connectivity index (χ0v) is 11.5. The standard InChI is InChI=1S/C15H21FO3/c1-3-4-5-6-7-11(2)19-12-8-9-13(15(17)18)14(16)10-12/h8-11H,3-7H2,1-2H3,(H,17,18)/t11-/m0/s1. The van der Waals surface area contributed by atoms with E-state index in [9.17, 15) is 9.18 Å². The number of rotatable bonds is 8. The van der Waals surface area contributed by atoms with Gasteiger partial charge in [-0.1, -0.05) is 26.2 Å². The van der Waals surface area contributed by atoms with Gasteiger partial charge in [0.1, 0.15) is 11.6 Å². The van der Waals surface area contributed by atoms with E-state index in [1.165, 1.54) is 31.4 Å². The first-order chi connectivity index (χ1) is 9.04. The van der Waals surface area contributed by atoms with Gasteiger partial charge in [0, 0.05) is 6.07 Å². The summed E-state index contributed by atoms with van der Waals surface area (Å²) in [5.74, 6) is -1.65. The lowest BCUT2D eigenvalue weighted by atomic mass is 10.1. The summed E-state index contributed by atoms with van der Waals surface area (Å²) in [5.41, 5.74) is -0.331. The van der Waals surface area contributed by atoms with E-state index in [-0.39, 0.29) is 11.7 Å². The molecule has 0 saturated carbocycles. The molecule has 1 aromatic rings. The zero-order chi connectivity index (χ0) is 14.3. The highest BCUT2D eigenvalue weighted by Crippen LogP contribution is 2.19. The van der Waals surface area contributed by atoms with Crippen LogP contribution in [0.4, 0.5) is 4.39 Å². The first-order valence-corrected chi connectivity index (χ1v) is 6.74. The van der Waals surface area contributed by atoms with Crippen molar-refractivity contribution >= 4 is 5.97 Å². The van der Waals surface area contributed by atoms with Crippen molar-refractivity contribution in [3.63, 3.8) is 0 Å². The summed E-state index contributed by atoms with van der Waals surface area (Å²) in [7, 11) is 0. The molecule has 0 aliphatic heterocycles. The molecule has 0 unspecified atom stereocenters. The maximum absolute atomic E-state index is 13.4. The average Bonchev–Trinajstić information content (AvgIpc) is 2.34. The molecule has 0 fully saturated rings. The summed E-state index contributed by atoms with van der Waals surface area (Å²) >= 11 is 0. The molecule has 3 nitrogen and oxygen atoms in total. The topological polar surface area (TPSA) is 46.5 Å². The van der Waals surface area contributed by atoms with Crippen LogP contribution >= 0.6 is 0 Å². The minimum atomic E-state index is -1.27. The Morgan fingerprint density at radius 1 is 1.37 bits per heavy atom. The van der Waals surface area contributed by atoms with Gasteiger partial charge < -0.3 is 9.84 Å². The van der Waals surface area contributed by atoms with Crippen molar-refractivity contribution in [3.8, 4) is 5.75 Å². The summed E-state index contributed by atoms with van der Waals surface area (Å²) in [4.78, 5) is 10.7. The van der Waals surface area contributed by atoms with Gasteiger partial charge in [0.25, 0.3) is 0 Å². The first kappa shape index (κ1) is 15.5. The zero-order valence-electron chi connectivity index (χ0n) is 11.5. The maximum Gasteiger partial charge on any atom is 0.338 e. The van der Waals surface area contributed by atoms with E-state index in [1.807, 2.05) is 6.92 Å². The van der Waals surface area contributed by atoms with Crippen molar-refractivity contribution in [2.75, 3.05) is 0 Å². The van der Waals surface area contributed by atoms with Crippen LogP contribution in [0.15, 0.2) is 18.2 Å². The monoisotopic (exact) mass is 268 g/mol. The fourth-order valence-corrected chi connectivity index (χ4v) is 1.89. The Kier molecular flexibility index (Phi) is 6.33. The minimum Gasteiger partial charge on any atom is -0.491 e. The van der Waals surface area contributed by atoms with E-state index in [2.05, 4.69) is 6.92 Å². The van der Waals surface area contributed by atoms with Gasteiger partial charge in [0.15, 0.2) is 0 Å². The second-order valence-corrected chi connectivity index (χ2v) is 4.72. The third-order valence-corrected chi connectivity index (χ3v) is 2.97. The van der Waals surface area contributed by atoms with Crippen molar-refractivity contribution in [3.05, 3.63) is 29.6 Å². The first-order valence-electron chi connectivity index (χ1n) is 6.74. The number of carboxylic acids is 1. The molecule has 0 radical (unpaired) electrons. The molecular formula is C15H21FO3. The summed E-state index contributed by atoms with van der Waals surface area (Å²) in [6.45, 7) is 4.10. The van der Waals surface area contributed by atoms with Gasteiger partial charge in [-0.2, -0.15) is 0 Å². The number of unbranched alkanes of at least 4 members (excludes halogenated alkanes) is 3. The third-order valence-electron chi connectivity index (χ3n) is 2.97. The van der Waals surface area contributed by atoms with Gasteiger partial charge in [0.05, 0.1) is 11.7 Å². The summed E-state index contributed by atoms with van der Waals surface area (Å²) in [5, 5.41) is 8.72. The average molecular weight is 268 g/mol.